The Morgan fingerprint density at radius 3 is 2.62 bits per heavy atom. The Bertz CT molecular complexity index is 471. The smallest absolute Gasteiger partial charge is 0.329 e. The number of unbranched alkanes of at least 4 members (excludes halogenated alkanes) is 3. The van der Waals surface area contributed by atoms with Gasteiger partial charge in [0.1, 0.15) is 0 Å². The van der Waals surface area contributed by atoms with Crippen molar-refractivity contribution in [1.29, 1.82) is 0 Å². The van der Waals surface area contributed by atoms with E-state index in [4.69, 9.17) is 5.73 Å². The van der Waals surface area contributed by atoms with Gasteiger partial charge in [-0.25, -0.2) is 0 Å². The summed E-state index contributed by atoms with van der Waals surface area (Å²) in [5.74, 6) is 0. The summed E-state index contributed by atoms with van der Waals surface area (Å²) in [5.41, 5.74) is 6.47. The molecule has 1 aromatic carbocycles. The molecule has 0 saturated heterocycles. The van der Waals surface area contributed by atoms with Gasteiger partial charge < -0.3 is 5.73 Å². The fourth-order valence-electron chi connectivity index (χ4n) is 3.12. The molecule has 1 unspecified atom stereocenters. The lowest BCUT2D eigenvalue weighted by molar-refractivity contribution is -0.138. The number of fused-ring (bicyclic) bond motifs is 1. The molecular formula is C16H23F3N2. The summed E-state index contributed by atoms with van der Waals surface area (Å²) in [5, 5.41) is 0. The van der Waals surface area contributed by atoms with Gasteiger partial charge in [-0.2, -0.15) is 13.2 Å². The number of benzene rings is 1. The van der Waals surface area contributed by atoms with Gasteiger partial charge in [0.15, 0.2) is 0 Å². The van der Waals surface area contributed by atoms with E-state index < -0.39 is 11.7 Å². The lowest BCUT2D eigenvalue weighted by atomic mass is 9.99. The average molecular weight is 300 g/mol. The number of halogens is 3. The quantitative estimate of drug-likeness (QED) is 0.801. The summed E-state index contributed by atoms with van der Waals surface area (Å²) >= 11 is 0. The van der Waals surface area contributed by atoms with Gasteiger partial charge in [-0.3, -0.25) is 4.90 Å². The summed E-state index contributed by atoms with van der Waals surface area (Å²) in [6.07, 6.45) is 0.163. The maximum Gasteiger partial charge on any atom is 0.416 e. The third-order valence-corrected chi connectivity index (χ3v) is 4.20. The number of nitrogens with zero attached hydrogens (tertiary/aromatic N) is 1. The standard InChI is InChI=1S/C16H23F3N2/c1-2-3-4-5-9-21-11-13-12(15(21)10-20)7-6-8-14(13)16(17,18)19/h6-8,15H,2-5,9-11,20H2,1H3. The van der Waals surface area contributed by atoms with Crippen molar-refractivity contribution in [1.82, 2.24) is 4.90 Å². The fraction of sp³-hybridized carbons (Fsp3) is 0.625. The van der Waals surface area contributed by atoms with Crippen LogP contribution in [0.15, 0.2) is 18.2 Å². The predicted molar refractivity (Wildman–Crippen MR) is 77.8 cm³/mol. The molecule has 0 fully saturated rings. The molecule has 0 radical (unpaired) electrons. The molecule has 0 aromatic heterocycles. The number of nitrogens with two attached hydrogens (primary N) is 1. The fourth-order valence-corrected chi connectivity index (χ4v) is 3.12. The van der Waals surface area contributed by atoms with Crippen molar-refractivity contribution in [2.75, 3.05) is 13.1 Å². The van der Waals surface area contributed by atoms with Crippen LogP contribution in [0.25, 0.3) is 0 Å². The molecule has 2 rings (SSSR count). The van der Waals surface area contributed by atoms with Crippen LogP contribution in [0.5, 0.6) is 0 Å². The van der Waals surface area contributed by atoms with E-state index in [1.165, 1.54) is 18.6 Å². The number of rotatable bonds is 6. The van der Waals surface area contributed by atoms with Gasteiger partial charge in [0, 0.05) is 19.1 Å². The molecule has 1 atom stereocenters. The molecule has 0 saturated carbocycles. The van der Waals surface area contributed by atoms with Gasteiger partial charge in [0.25, 0.3) is 0 Å². The highest BCUT2D eigenvalue weighted by Gasteiger charge is 2.39. The first-order valence-corrected chi connectivity index (χ1v) is 7.62. The van der Waals surface area contributed by atoms with E-state index in [1.807, 2.05) is 0 Å². The number of hydrogen-bond donors (Lipinski definition) is 1. The minimum atomic E-state index is -4.29. The van der Waals surface area contributed by atoms with E-state index in [0.29, 0.717) is 18.7 Å². The largest absolute Gasteiger partial charge is 0.416 e. The molecule has 1 aliphatic rings. The van der Waals surface area contributed by atoms with Crippen LogP contribution in [0.4, 0.5) is 13.2 Å². The summed E-state index contributed by atoms with van der Waals surface area (Å²) in [6.45, 7) is 3.68. The van der Waals surface area contributed by atoms with Crippen molar-refractivity contribution in [3.05, 3.63) is 34.9 Å². The summed E-state index contributed by atoms with van der Waals surface area (Å²) in [6, 6.07) is 4.37. The minimum absolute atomic E-state index is 0.0797. The zero-order chi connectivity index (χ0) is 15.5. The zero-order valence-corrected chi connectivity index (χ0v) is 12.4. The van der Waals surface area contributed by atoms with Gasteiger partial charge in [-0.1, -0.05) is 38.3 Å². The van der Waals surface area contributed by atoms with Crippen LogP contribution in [0.2, 0.25) is 0 Å². The van der Waals surface area contributed by atoms with Gasteiger partial charge in [-0.15, -0.1) is 0 Å². The Kier molecular flexibility index (Phi) is 5.27. The molecule has 21 heavy (non-hydrogen) atoms. The second-order valence-corrected chi connectivity index (χ2v) is 5.65. The third kappa shape index (κ3) is 3.58. The van der Waals surface area contributed by atoms with Crippen molar-refractivity contribution in [3.63, 3.8) is 0 Å². The van der Waals surface area contributed by atoms with Crippen LogP contribution in [0.3, 0.4) is 0 Å². The third-order valence-electron chi connectivity index (χ3n) is 4.20. The highest BCUT2D eigenvalue weighted by Crippen LogP contribution is 2.41. The highest BCUT2D eigenvalue weighted by molar-refractivity contribution is 5.42. The van der Waals surface area contributed by atoms with E-state index in [0.717, 1.165) is 31.4 Å². The van der Waals surface area contributed by atoms with Crippen molar-refractivity contribution >= 4 is 0 Å². The maximum absolute atomic E-state index is 13.1. The minimum Gasteiger partial charge on any atom is -0.329 e. The molecule has 5 heteroatoms. The van der Waals surface area contributed by atoms with E-state index in [2.05, 4.69) is 11.8 Å². The van der Waals surface area contributed by atoms with Gasteiger partial charge in [0.05, 0.1) is 5.56 Å². The normalized spacial score (nSPS) is 19.0. The summed E-state index contributed by atoms with van der Waals surface area (Å²) in [4.78, 5) is 2.09. The molecular weight excluding hydrogens is 277 g/mol. The Balaban J connectivity index is 2.16. The van der Waals surface area contributed by atoms with Gasteiger partial charge in [-0.05, 0) is 30.2 Å². The molecule has 118 valence electrons. The SMILES string of the molecule is CCCCCCN1Cc2c(cccc2C(F)(F)F)C1CN. The Morgan fingerprint density at radius 2 is 2.00 bits per heavy atom. The lowest BCUT2D eigenvalue weighted by Gasteiger charge is -2.23. The van der Waals surface area contributed by atoms with E-state index >= 15 is 0 Å². The van der Waals surface area contributed by atoms with E-state index in [1.54, 1.807) is 6.07 Å². The predicted octanol–water partition coefficient (Wildman–Crippen LogP) is 4.10. The maximum atomic E-state index is 13.1. The van der Waals surface area contributed by atoms with Crippen LogP contribution < -0.4 is 5.73 Å². The Hall–Kier alpha value is -1.07. The summed E-state index contributed by atoms with van der Waals surface area (Å²) in [7, 11) is 0. The van der Waals surface area contributed by atoms with Crippen LogP contribution in [-0.4, -0.2) is 18.0 Å². The van der Waals surface area contributed by atoms with Crippen LogP contribution in [-0.2, 0) is 12.7 Å². The topological polar surface area (TPSA) is 29.3 Å². The monoisotopic (exact) mass is 300 g/mol. The van der Waals surface area contributed by atoms with Gasteiger partial charge in [0.2, 0.25) is 0 Å². The van der Waals surface area contributed by atoms with Gasteiger partial charge >= 0.3 is 6.18 Å². The molecule has 1 aromatic rings. The number of hydrogen-bond acceptors (Lipinski definition) is 2. The van der Waals surface area contributed by atoms with Crippen molar-refractivity contribution < 1.29 is 13.2 Å². The Labute approximate surface area is 124 Å². The van der Waals surface area contributed by atoms with E-state index in [9.17, 15) is 13.2 Å². The molecule has 1 aliphatic heterocycles. The number of alkyl halides is 3. The molecule has 1 heterocycles. The second kappa shape index (κ2) is 6.79. The molecule has 2 nitrogen and oxygen atoms in total. The second-order valence-electron chi connectivity index (χ2n) is 5.65. The molecule has 2 N–H and O–H groups in total. The van der Waals surface area contributed by atoms with Crippen molar-refractivity contribution in [2.45, 2.75) is 51.4 Å². The van der Waals surface area contributed by atoms with Crippen molar-refractivity contribution in [2.24, 2.45) is 5.73 Å². The first-order chi connectivity index (χ1) is 9.99. The van der Waals surface area contributed by atoms with Crippen LogP contribution in [0.1, 0.15) is 55.3 Å². The molecule has 0 amide bonds. The lowest BCUT2D eigenvalue weighted by Crippen LogP contribution is -2.28. The summed E-state index contributed by atoms with van der Waals surface area (Å²) < 4.78 is 39.3. The van der Waals surface area contributed by atoms with E-state index in [-0.39, 0.29) is 6.04 Å². The molecule has 0 bridgehead atoms. The highest BCUT2D eigenvalue weighted by atomic mass is 19.4. The molecule has 0 spiro atoms. The average Bonchev–Trinajstić information content (AvgIpc) is 2.79. The molecule has 0 aliphatic carbocycles. The van der Waals surface area contributed by atoms with Crippen LogP contribution >= 0.6 is 0 Å². The Morgan fingerprint density at radius 1 is 1.24 bits per heavy atom. The first kappa shape index (κ1) is 16.3. The first-order valence-electron chi connectivity index (χ1n) is 7.62. The van der Waals surface area contributed by atoms with Crippen LogP contribution in [0, 0.1) is 0 Å². The zero-order valence-electron chi connectivity index (χ0n) is 12.4. The van der Waals surface area contributed by atoms with Crippen molar-refractivity contribution in [3.8, 4) is 0 Å².